The first-order chi connectivity index (χ1) is 9.67. The monoisotopic (exact) mass is 276 g/mol. The lowest BCUT2D eigenvalue weighted by Gasteiger charge is -2.30. The van der Waals surface area contributed by atoms with Crippen molar-refractivity contribution in [3.05, 3.63) is 18.1 Å². The fourth-order valence-corrected chi connectivity index (χ4v) is 2.30. The topological polar surface area (TPSA) is 99.3 Å². The summed E-state index contributed by atoms with van der Waals surface area (Å²) < 4.78 is 5.30. The first-order valence-corrected chi connectivity index (χ1v) is 6.46. The van der Waals surface area contributed by atoms with Gasteiger partial charge in [-0.25, -0.2) is 9.97 Å². The molecule has 0 radical (unpaired) electrons. The normalized spacial score (nSPS) is 21.4. The van der Waals surface area contributed by atoms with E-state index in [-0.39, 0.29) is 18.3 Å². The van der Waals surface area contributed by atoms with E-state index in [0.29, 0.717) is 19.0 Å². The quantitative estimate of drug-likeness (QED) is 0.843. The van der Waals surface area contributed by atoms with Crippen molar-refractivity contribution in [1.29, 1.82) is 5.26 Å². The molecule has 0 spiro atoms. The van der Waals surface area contributed by atoms with Gasteiger partial charge in [0.1, 0.15) is 17.8 Å². The molecule has 2 rings (SSSR count). The van der Waals surface area contributed by atoms with Gasteiger partial charge in [0.15, 0.2) is 5.69 Å². The maximum atomic E-state index is 11.3. The Morgan fingerprint density at radius 2 is 2.35 bits per heavy atom. The zero-order chi connectivity index (χ0) is 14.5. The summed E-state index contributed by atoms with van der Waals surface area (Å²) in [6, 6.07) is 1.66. The van der Waals surface area contributed by atoms with E-state index in [1.54, 1.807) is 0 Å². The highest BCUT2D eigenvalue weighted by Gasteiger charge is 2.38. The maximum Gasteiger partial charge on any atom is 0.311 e. The summed E-state index contributed by atoms with van der Waals surface area (Å²) in [6.07, 6.45) is 3.75. The average molecular weight is 276 g/mol. The Morgan fingerprint density at radius 1 is 1.55 bits per heavy atom. The van der Waals surface area contributed by atoms with E-state index in [2.05, 4.69) is 9.97 Å². The molecule has 2 unspecified atom stereocenters. The zero-order valence-corrected chi connectivity index (χ0v) is 11.2. The molecule has 0 saturated carbocycles. The Labute approximate surface area is 116 Å². The molecule has 2 heterocycles. The van der Waals surface area contributed by atoms with Crippen LogP contribution in [0.4, 0.5) is 5.82 Å². The summed E-state index contributed by atoms with van der Waals surface area (Å²) in [5.74, 6) is -0.859. The van der Waals surface area contributed by atoms with Gasteiger partial charge >= 0.3 is 5.97 Å². The average Bonchev–Trinajstić information content (AvgIpc) is 2.94. The van der Waals surface area contributed by atoms with Gasteiger partial charge in [-0.15, -0.1) is 0 Å². The fraction of sp³-hybridized carbons (Fsp3) is 0.538. The smallest absolute Gasteiger partial charge is 0.311 e. The number of aliphatic carboxylic acids is 1. The molecule has 0 amide bonds. The third-order valence-electron chi connectivity index (χ3n) is 3.28. The van der Waals surface area contributed by atoms with Crippen LogP contribution in [0.5, 0.6) is 0 Å². The number of carboxylic acid groups (broad SMARTS) is 1. The van der Waals surface area contributed by atoms with Crippen molar-refractivity contribution in [2.75, 3.05) is 24.7 Å². The van der Waals surface area contributed by atoms with Crippen molar-refractivity contribution in [3.8, 4) is 6.07 Å². The molecule has 1 aromatic heterocycles. The molecule has 7 heteroatoms. The van der Waals surface area contributed by atoms with E-state index in [1.165, 1.54) is 12.4 Å². The molecule has 2 atom stereocenters. The highest BCUT2D eigenvalue weighted by molar-refractivity contribution is 5.72. The molecular formula is C13H16N4O3. The van der Waals surface area contributed by atoms with Crippen molar-refractivity contribution in [1.82, 2.24) is 9.97 Å². The van der Waals surface area contributed by atoms with Crippen LogP contribution < -0.4 is 4.90 Å². The highest BCUT2D eigenvalue weighted by atomic mass is 16.5. The van der Waals surface area contributed by atoms with Crippen LogP contribution in [0.25, 0.3) is 0 Å². The molecule has 0 aliphatic carbocycles. The molecule has 1 aliphatic heterocycles. The van der Waals surface area contributed by atoms with Crippen molar-refractivity contribution in [3.63, 3.8) is 0 Å². The molecule has 20 heavy (non-hydrogen) atoms. The Morgan fingerprint density at radius 3 is 2.90 bits per heavy atom. The van der Waals surface area contributed by atoms with Crippen LogP contribution in [0.1, 0.15) is 19.0 Å². The van der Waals surface area contributed by atoms with Gasteiger partial charge in [-0.1, -0.05) is 6.92 Å². The number of aromatic nitrogens is 2. The molecule has 1 fully saturated rings. The van der Waals surface area contributed by atoms with Crippen molar-refractivity contribution in [2.24, 2.45) is 5.92 Å². The van der Waals surface area contributed by atoms with Crippen LogP contribution in [-0.2, 0) is 9.53 Å². The highest BCUT2D eigenvalue weighted by Crippen LogP contribution is 2.24. The van der Waals surface area contributed by atoms with Crippen LogP contribution in [0.3, 0.4) is 0 Å². The molecule has 7 nitrogen and oxygen atoms in total. The lowest BCUT2D eigenvalue weighted by molar-refractivity contribution is -0.142. The standard InChI is InChI=1S/C13H16N4O3/c1-2-3-17(11-8-20-7-10(11)13(18)19)12-6-15-9(4-14)5-16-12/h5-6,10-11H,2-3,7-8H2,1H3,(H,18,19). The van der Waals surface area contributed by atoms with E-state index in [4.69, 9.17) is 10.00 Å². The van der Waals surface area contributed by atoms with Crippen LogP contribution in [0.15, 0.2) is 12.4 Å². The molecule has 106 valence electrons. The van der Waals surface area contributed by atoms with Crippen molar-refractivity contribution >= 4 is 11.8 Å². The Hall–Kier alpha value is -2.20. The number of ether oxygens (including phenoxy) is 1. The van der Waals surface area contributed by atoms with Gasteiger partial charge in [0, 0.05) is 6.54 Å². The van der Waals surface area contributed by atoms with Gasteiger partial charge in [0.2, 0.25) is 0 Å². The summed E-state index contributed by atoms with van der Waals surface area (Å²) in [5.41, 5.74) is 0.239. The Bertz CT molecular complexity index is 511. The predicted molar refractivity (Wildman–Crippen MR) is 70.1 cm³/mol. The van der Waals surface area contributed by atoms with E-state index < -0.39 is 11.9 Å². The lowest BCUT2D eigenvalue weighted by atomic mass is 10.0. The molecular weight excluding hydrogens is 260 g/mol. The summed E-state index contributed by atoms with van der Waals surface area (Å²) >= 11 is 0. The van der Waals surface area contributed by atoms with Crippen molar-refractivity contribution < 1.29 is 14.6 Å². The van der Waals surface area contributed by atoms with Gasteiger partial charge < -0.3 is 14.7 Å². The number of carbonyl (C=O) groups is 1. The molecule has 1 aromatic rings. The number of rotatable bonds is 5. The van der Waals surface area contributed by atoms with Gasteiger partial charge in [0.05, 0.1) is 31.6 Å². The first kappa shape index (κ1) is 14.2. The van der Waals surface area contributed by atoms with E-state index >= 15 is 0 Å². The number of nitrogens with zero attached hydrogens (tertiary/aromatic N) is 4. The SMILES string of the molecule is CCCN(c1cnc(C#N)cn1)C1COCC1C(=O)O. The van der Waals surface area contributed by atoms with Crippen LogP contribution in [0.2, 0.25) is 0 Å². The molecule has 0 aromatic carbocycles. The zero-order valence-electron chi connectivity index (χ0n) is 11.2. The van der Waals surface area contributed by atoms with Crippen LogP contribution in [0, 0.1) is 17.2 Å². The summed E-state index contributed by atoms with van der Waals surface area (Å²) in [5, 5.41) is 18.0. The third-order valence-corrected chi connectivity index (χ3v) is 3.28. The first-order valence-electron chi connectivity index (χ1n) is 6.46. The van der Waals surface area contributed by atoms with Crippen molar-refractivity contribution in [2.45, 2.75) is 19.4 Å². The van der Waals surface area contributed by atoms with E-state index in [1.807, 2.05) is 17.9 Å². The fourth-order valence-electron chi connectivity index (χ4n) is 2.30. The summed E-state index contributed by atoms with van der Waals surface area (Å²) in [7, 11) is 0. The largest absolute Gasteiger partial charge is 0.481 e. The minimum atomic E-state index is -0.866. The lowest BCUT2D eigenvalue weighted by Crippen LogP contribution is -2.44. The van der Waals surface area contributed by atoms with Crippen LogP contribution >= 0.6 is 0 Å². The Balaban J connectivity index is 2.25. The molecule has 1 saturated heterocycles. The maximum absolute atomic E-state index is 11.3. The summed E-state index contributed by atoms with van der Waals surface area (Å²) in [4.78, 5) is 21.4. The van der Waals surface area contributed by atoms with Gasteiger partial charge in [-0.3, -0.25) is 4.79 Å². The Kier molecular flexibility index (Phi) is 4.48. The van der Waals surface area contributed by atoms with E-state index in [9.17, 15) is 9.90 Å². The summed E-state index contributed by atoms with van der Waals surface area (Å²) in [6.45, 7) is 3.25. The minimum absolute atomic E-state index is 0.212. The second-order valence-electron chi connectivity index (χ2n) is 4.61. The molecule has 1 N–H and O–H groups in total. The number of hydrogen-bond acceptors (Lipinski definition) is 6. The van der Waals surface area contributed by atoms with Gasteiger partial charge in [-0.2, -0.15) is 5.26 Å². The predicted octanol–water partition coefficient (Wildman–Crippen LogP) is 0.664. The number of nitriles is 1. The number of hydrogen-bond donors (Lipinski definition) is 1. The van der Waals surface area contributed by atoms with Gasteiger partial charge in [0.25, 0.3) is 0 Å². The molecule has 1 aliphatic rings. The number of carboxylic acids is 1. The van der Waals surface area contributed by atoms with Gasteiger partial charge in [-0.05, 0) is 6.42 Å². The van der Waals surface area contributed by atoms with E-state index in [0.717, 1.165) is 6.42 Å². The number of anilines is 1. The minimum Gasteiger partial charge on any atom is -0.481 e. The second-order valence-corrected chi connectivity index (χ2v) is 4.61. The van der Waals surface area contributed by atoms with Crippen LogP contribution in [-0.4, -0.2) is 46.8 Å². The second kappa shape index (κ2) is 6.30. The molecule has 0 bridgehead atoms. The third kappa shape index (κ3) is 2.86.